The van der Waals surface area contributed by atoms with Gasteiger partial charge in [-0.25, -0.2) is 9.79 Å². The molecule has 3 aromatic rings. The molecule has 0 fully saturated rings. The maximum atomic E-state index is 13.7. The lowest BCUT2D eigenvalue weighted by Gasteiger charge is -2.25. The van der Waals surface area contributed by atoms with Crippen molar-refractivity contribution in [2.75, 3.05) is 12.9 Å². The van der Waals surface area contributed by atoms with E-state index >= 15 is 0 Å². The Morgan fingerprint density at radius 1 is 1.25 bits per heavy atom. The number of allylic oxidation sites excluding steroid dienone is 1. The molecule has 1 atom stereocenters. The normalized spacial score (nSPS) is 15.6. The Hall–Kier alpha value is -3.50. The number of hydrogen-bond donors (Lipinski definition) is 0. The summed E-state index contributed by atoms with van der Waals surface area (Å²) in [5, 5.41) is 11.5. The van der Waals surface area contributed by atoms with Gasteiger partial charge in [-0.3, -0.25) is 19.5 Å². The molecule has 2 aromatic carbocycles. The van der Waals surface area contributed by atoms with Crippen LogP contribution < -0.4 is 14.9 Å². The van der Waals surface area contributed by atoms with Crippen molar-refractivity contribution in [1.82, 2.24) is 4.57 Å². The van der Waals surface area contributed by atoms with Crippen LogP contribution in [-0.4, -0.2) is 28.3 Å². The van der Waals surface area contributed by atoms with Gasteiger partial charge in [-0.05, 0) is 48.9 Å². The molecule has 0 spiro atoms. The number of para-hydroxylation sites is 1. The fourth-order valence-electron chi connectivity index (χ4n) is 3.92. The maximum absolute atomic E-state index is 13.7. The van der Waals surface area contributed by atoms with Crippen molar-refractivity contribution >= 4 is 40.8 Å². The number of benzene rings is 2. The van der Waals surface area contributed by atoms with Crippen LogP contribution in [0.1, 0.15) is 37.9 Å². The number of ether oxygens (including phenoxy) is 1. The molecule has 36 heavy (non-hydrogen) atoms. The van der Waals surface area contributed by atoms with E-state index in [4.69, 9.17) is 4.74 Å². The second-order valence-corrected chi connectivity index (χ2v) is 10.6. The summed E-state index contributed by atoms with van der Waals surface area (Å²) in [6, 6.07) is 13.2. The van der Waals surface area contributed by atoms with Crippen molar-refractivity contribution in [2.24, 2.45) is 10.9 Å². The third kappa shape index (κ3) is 5.05. The fraction of sp³-hybridized carbons (Fsp3) is 0.269. The van der Waals surface area contributed by atoms with Crippen LogP contribution in [0.25, 0.3) is 6.08 Å². The number of carbonyl (C=O) groups excluding carboxylic acids is 1. The molecule has 8 nitrogen and oxygen atoms in total. The first kappa shape index (κ1) is 25.6. The molecule has 4 rings (SSSR count). The van der Waals surface area contributed by atoms with Gasteiger partial charge in [0.2, 0.25) is 0 Å². The lowest BCUT2D eigenvalue weighted by Crippen LogP contribution is -2.40. The Morgan fingerprint density at radius 3 is 2.58 bits per heavy atom. The maximum Gasteiger partial charge on any atom is 0.338 e. The number of thioether (sulfide) groups is 1. The number of aromatic nitrogens is 1. The summed E-state index contributed by atoms with van der Waals surface area (Å²) in [6.07, 6.45) is 3.48. The lowest BCUT2D eigenvalue weighted by molar-refractivity contribution is -0.385. The largest absolute Gasteiger partial charge is 0.462 e. The van der Waals surface area contributed by atoms with E-state index in [9.17, 15) is 19.7 Å². The summed E-state index contributed by atoms with van der Waals surface area (Å²) in [7, 11) is 0. The molecule has 10 heteroatoms. The summed E-state index contributed by atoms with van der Waals surface area (Å²) in [4.78, 5) is 43.9. The molecule has 0 bridgehead atoms. The quantitative estimate of drug-likeness (QED) is 0.200. The number of rotatable bonds is 7. The molecule has 0 saturated heterocycles. The average Bonchev–Trinajstić information content (AvgIpc) is 3.16. The molecule has 1 aromatic heterocycles. The van der Waals surface area contributed by atoms with Crippen LogP contribution in [0.4, 0.5) is 5.69 Å². The molecule has 0 aliphatic carbocycles. The number of nitro groups is 1. The second-order valence-electron chi connectivity index (χ2n) is 8.66. The summed E-state index contributed by atoms with van der Waals surface area (Å²) in [5.41, 5.74) is 1.37. The van der Waals surface area contributed by atoms with E-state index in [1.165, 1.54) is 16.7 Å². The topological polar surface area (TPSA) is 104 Å². The zero-order valence-corrected chi connectivity index (χ0v) is 21.9. The number of fused-ring (bicyclic) bond motifs is 1. The molecule has 1 unspecified atom stereocenters. The van der Waals surface area contributed by atoms with Crippen molar-refractivity contribution in [3.8, 4) is 0 Å². The first-order chi connectivity index (χ1) is 17.2. The molecular weight excluding hydrogens is 498 g/mol. The number of carbonyl (C=O) groups is 1. The van der Waals surface area contributed by atoms with E-state index in [-0.39, 0.29) is 23.8 Å². The van der Waals surface area contributed by atoms with Crippen LogP contribution in [0, 0.1) is 16.0 Å². The van der Waals surface area contributed by atoms with Crippen LogP contribution in [0.3, 0.4) is 0 Å². The highest BCUT2D eigenvalue weighted by Gasteiger charge is 2.33. The van der Waals surface area contributed by atoms with E-state index in [1.54, 1.807) is 36.9 Å². The standard InChI is InChI=1S/C26H25N3O5S2/c1-15(2)14-34-25(31)22-16(3)27-26-28(23(22)17-9-11-19(35-4)12-10-17)24(30)21(36-26)13-18-7-5-6-8-20(18)29(32)33/h5-13,15,23H,14H2,1-4H3. The molecule has 1 aliphatic rings. The van der Waals surface area contributed by atoms with Gasteiger partial charge in [-0.15, -0.1) is 11.8 Å². The average molecular weight is 524 g/mol. The Morgan fingerprint density at radius 2 is 1.94 bits per heavy atom. The minimum Gasteiger partial charge on any atom is -0.462 e. The van der Waals surface area contributed by atoms with E-state index < -0.39 is 16.9 Å². The third-order valence-electron chi connectivity index (χ3n) is 5.64. The van der Waals surface area contributed by atoms with Gasteiger partial charge < -0.3 is 4.74 Å². The second kappa shape index (κ2) is 10.6. The van der Waals surface area contributed by atoms with Crippen LogP contribution >= 0.6 is 23.1 Å². The first-order valence-electron chi connectivity index (χ1n) is 11.3. The summed E-state index contributed by atoms with van der Waals surface area (Å²) < 4.78 is 7.33. The first-order valence-corrected chi connectivity index (χ1v) is 13.3. The van der Waals surface area contributed by atoms with Crippen LogP contribution in [0.5, 0.6) is 0 Å². The smallest absolute Gasteiger partial charge is 0.338 e. The van der Waals surface area contributed by atoms with Gasteiger partial charge in [0.15, 0.2) is 4.80 Å². The van der Waals surface area contributed by atoms with E-state index in [2.05, 4.69) is 4.99 Å². The molecule has 0 radical (unpaired) electrons. The van der Waals surface area contributed by atoms with Gasteiger partial charge >= 0.3 is 5.97 Å². The Balaban J connectivity index is 1.92. The molecule has 186 valence electrons. The van der Waals surface area contributed by atoms with E-state index in [0.717, 1.165) is 21.8 Å². The van der Waals surface area contributed by atoms with E-state index in [1.807, 2.05) is 44.4 Å². The Kier molecular flexibility index (Phi) is 7.56. The number of hydrogen-bond acceptors (Lipinski definition) is 8. The number of thiazole rings is 1. The number of nitrogens with zero attached hydrogens (tertiary/aromatic N) is 3. The van der Waals surface area contributed by atoms with Gasteiger partial charge in [-0.2, -0.15) is 0 Å². The molecule has 0 saturated carbocycles. The molecular formula is C26H25N3O5S2. The van der Waals surface area contributed by atoms with Crippen molar-refractivity contribution in [3.05, 3.63) is 101 Å². The van der Waals surface area contributed by atoms with E-state index in [0.29, 0.717) is 26.2 Å². The van der Waals surface area contributed by atoms with Gasteiger partial charge in [0.1, 0.15) is 0 Å². The highest BCUT2D eigenvalue weighted by Crippen LogP contribution is 2.32. The number of esters is 1. The Bertz CT molecular complexity index is 1530. The van der Waals surface area contributed by atoms with Crippen LogP contribution in [0.15, 0.2) is 74.5 Å². The molecule has 0 amide bonds. The summed E-state index contributed by atoms with van der Waals surface area (Å²) in [6.45, 7) is 5.87. The minimum atomic E-state index is -0.732. The van der Waals surface area contributed by atoms with Gasteiger partial charge in [-0.1, -0.05) is 49.4 Å². The third-order valence-corrected chi connectivity index (χ3v) is 7.37. The number of nitro benzene ring substituents is 1. The summed E-state index contributed by atoms with van der Waals surface area (Å²) in [5.74, 6) is -0.367. The lowest BCUT2D eigenvalue weighted by atomic mass is 9.96. The van der Waals surface area contributed by atoms with Crippen molar-refractivity contribution in [2.45, 2.75) is 31.7 Å². The molecule has 2 heterocycles. The monoisotopic (exact) mass is 523 g/mol. The van der Waals surface area contributed by atoms with Crippen molar-refractivity contribution < 1.29 is 14.5 Å². The Labute approximate surface area is 215 Å². The van der Waals surface area contributed by atoms with Crippen LogP contribution in [0.2, 0.25) is 0 Å². The summed E-state index contributed by atoms with van der Waals surface area (Å²) >= 11 is 2.73. The van der Waals surface area contributed by atoms with Crippen molar-refractivity contribution in [3.63, 3.8) is 0 Å². The van der Waals surface area contributed by atoms with Gasteiger partial charge in [0.05, 0.1) is 38.9 Å². The zero-order valence-electron chi connectivity index (χ0n) is 20.3. The van der Waals surface area contributed by atoms with Gasteiger partial charge in [0.25, 0.3) is 11.2 Å². The predicted octanol–water partition coefficient (Wildman–Crippen LogP) is 4.06. The highest BCUT2D eigenvalue weighted by atomic mass is 32.2. The fourth-order valence-corrected chi connectivity index (χ4v) is 5.37. The molecule has 0 N–H and O–H groups in total. The zero-order chi connectivity index (χ0) is 26.0. The molecule has 1 aliphatic heterocycles. The predicted molar refractivity (Wildman–Crippen MR) is 141 cm³/mol. The van der Waals surface area contributed by atoms with Crippen molar-refractivity contribution in [1.29, 1.82) is 0 Å². The highest BCUT2D eigenvalue weighted by molar-refractivity contribution is 7.98. The minimum absolute atomic E-state index is 0.0957. The van der Waals surface area contributed by atoms with Gasteiger partial charge in [0, 0.05) is 11.0 Å². The SMILES string of the molecule is CSc1ccc(C2C(C(=O)OCC(C)C)=C(C)N=c3sc(=Cc4ccccc4[N+](=O)[O-])c(=O)n32)cc1. The van der Waals surface area contributed by atoms with Crippen LogP contribution in [-0.2, 0) is 9.53 Å².